The third kappa shape index (κ3) is 3.45. The van der Waals surface area contributed by atoms with Crippen LogP contribution in [0.2, 0.25) is 0 Å². The fraction of sp³-hybridized carbons (Fsp3) is 0.333. The number of rotatable bonds is 3. The molecule has 0 aliphatic carbocycles. The Morgan fingerprint density at radius 2 is 2.00 bits per heavy atom. The summed E-state index contributed by atoms with van der Waals surface area (Å²) in [5.74, 6) is 0.131. The summed E-state index contributed by atoms with van der Waals surface area (Å²) >= 11 is 3.32. The molecule has 16 heavy (non-hydrogen) atoms. The first-order valence-electron chi connectivity index (χ1n) is 5.11. The fourth-order valence-electron chi connectivity index (χ4n) is 0.974. The second-order valence-corrected chi connectivity index (χ2v) is 4.68. The van der Waals surface area contributed by atoms with E-state index in [4.69, 9.17) is 0 Å². The standard InChI is InChI=1S/C12H15BrN2O/c1-8(2)9(3)14-15-12(16)10-6-4-5-7-11(10)13/h4-8H,1-3H3,(H,15,16)/b14-9+. The number of nitrogens with one attached hydrogen (secondary N) is 1. The van der Waals surface area contributed by atoms with Gasteiger partial charge in [0, 0.05) is 10.2 Å². The number of carbonyl (C=O) groups is 1. The van der Waals surface area contributed by atoms with Crippen LogP contribution in [0.15, 0.2) is 33.8 Å². The molecule has 0 saturated heterocycles. The Kier molecular flexibility index (Phi) is 4.68. The number of hydrogen-bond acceptors (Lipinski definition) is 2. The lowest BCUT2D eigenvalue weighted by Gasteiger charge is -2.05. The number of amides is 1. The van der Waals surface area contributed by atoms with Crippen molar-refractivity contribution in [1.29, 1.82) is 0 Å². The Labute approximate surface area is 104 Å². The van der Waals surface area contributed by atoms with E-state index in [-0.39, 0.29) is 5.91 Å². The molecule has 0 fully saturated rings. The van der Waals surface area contributed by atoms with Crippen molar-refractivity contribution in [2.75, 3.05) is 0 Å². The lowest BCUT2D eigenvalue weighted by molar-refractivity contribution is 0.0954. The Bertz CT molecular complexity index is 413. The zero-order valence-electron chi connectivity index (χ0n) is 9.62. The van der Waals surface area contributed by atoms with E-state index in [1.807, 2.05) is 39.0 Å². The summed E-state index contributed by atoms with van der Waals surface area (Å²) in [5.41, 5.74) is 4.03. The minimum Gasteiger partial charge on any atom is -0.267 e. The van der Waals surface area contributed by atoms with E-state index < -0.39 is 0 Å². The predicted molar refractivity (Wildman–Crippen MR) is 69.6 cm³/mol. The number of benzene rings is 1. The van der Waals surface area contributed by atoms with E-state index >= 15 is 0 Å². The second-order valence-electron chi connectivity index (χ2n) is 3.83. The molecule has 0 spiro atoms. The maximum atomic E-state index is 11.7. The monoisotopic (exact) mass is 282 g/mol. The van der Waals surface area contributed by atoms with Gasteiger partial charge < -0.3 is 0 Å². The van der Waals surface area contributed by atoms with Gasteiger partial charge in [0.05, 0.1) is 5.56 Å². The molecule has 1 aromatic rings. The van der Waals surface area contributed by atoms with E-state index in [1.165, 1.54) is 0 Å². The van der Waals surface area contributed by atoms with Crippen molar-refractivity contribution in [3.63, 3.8) is 0 Å². The van der Waals surface area contributed by atoms with E-state index in [0.717, 1.165) is 10.2 Å². The first-order chi connectivity index (χ1) is 7.52. The Hall–Kier alpha value is -1.16. The number of hydrogen-bond donors (Lipinski definition) is 1. The van der Waals surface area contributed by atoms with Gasteiger partial charge in [-0.1, -0.05) is 26.0 Å². The zero-order chi connectivity index (χ0) is 12.1. The summed E-state index contributed by atoms with van der Waals surface area (Å²) in [5, 5.41) is 4.04. The van der Waals surface area contributed by atoms with Crippen molar-refractivity contribution >= 4 is 27.5 Å². The van der Waals surface area contributed by atoms with Gasteiger partial charge in [0.25, 0.3) is 5.91 Å². The van der Waals surface area contributed by atoms with Crippen molar-refractivity contribution < 1.29 is 4.79 Å². The van der Waals surface area contributed by atoms with E-state index in [1.54, 1.807) is 6.07 Å². The third-order valence-corrected chi connectivity index (χ3v) is 2.98. The first kappa shape index (κ1) is 12.9. The first-order valence-corrected chi connectivity index (χ1v) is 5.90. The molecule has 0 heterocycles. The van der Waals surface area contributed by atoms with Crippen LogP contribution in [0.4, 0.5) is 0 Å². The smallest absolute Gasteiger partial charge is 0.267 e. The van der Waals surface area contributed by atoms with Gasteiger partial charge in [-0.2, -0.15) is 5.10 Å². The quantitative estimate of drug-likeness (QED) is 0.671. The highest BCUT2D eigenvalue weighted by Gasteiger charge is 2.08. The normalized spacial score (nSPS) is 11.7. The Balaban J connectivity index is 2.74. The molecule has 1 rings (SSSR count). The summed E-state index contributed by atoms with van der Waals surface area (Å²) in [4.78, 5) is 11.7. The molecule has 4 heteroatoms. The number of halogens is 1. The van der Waals surface area contributed by atoms with Crippen LogP contribution in [0.25, 0.3) is 0 Å². The minimum atomic E-state index is -0.201. The molecular weight excluding hydrogens is 268 g/mol. The van der Waals surface area contributed by atoms with Gasteiger partial charge in [-0.25, -0.2) is 5.43 Å². The molecular formula is C12H15BrN2O. The van der Waals surface area contributed by atoms with Crippen LogP contribution in [0, 0.1) is 5.92 Å². The van der Waals surface area contributed by atoms with Crippen LogP contribution >= 0.6 is 15.9 Å². The van der Waals surface area contributed by atoms with E-state index in [0.29, 0.717) is 11.5 Å². The van der Waals surface area contributed by atoms with Crippen molar-refractivity contribution in [3.8, 4) is 0 Å². The molecule has 0 radical (unpaired) electrons. The molecule has 0 atom stereocenters. The molecule has 0 bridgehead atoms. The summed E-state index contributed by atoms with van der Waals surface area (Å²) in [6, 6.07) is 7.26. The highest BCUT2D eigenvalue weighted by atomic mass is 79.9. The van der Waals surface area contributed by atoms with Crippen molar-refractivity contribution in [3.05, 3.63) is 34.3 Å². The molecule has 1 N–H and O–H groups in total. The second kappa shape index (κ2) is 5.80. The molecule has 0 unspecified atom stereocenters. The Morgan fingerprint density at radius 3 is 2.56 bits per heavy atom. The summed E-state index contributed by atoms with van der Waals surface area (Å²) in [6.07, 6.45) is 0. The van der Waals surface area contributed by atoms with Crippen LogP contribution in [0.1, 0.15) is 31.1 Å². The lowest BCUT2D eigenvalue weighted by Crippen LogP contribution is -2.20. The number of nitrogens with zero attached hydrogens (tertiary/aromatic N) is 1. The van der Waals surface area contributed by atoms with Gasteiger partial charge in [-0.15, -0.1) is 0 Å². The average molecular weight is 283 g/mol. The molecule has 0 saturated carbocycles. The molecule has 86 valence electrons. The van der Waals surface area contributed by atoms with Crippen LogP contribution in [-0.2, 0) is 0 Å². The van der Waals surface area contributed by atoms with Crippen LogP contribution < -0.4 is 5.43 Å². The molecule has 0 aliphatic rings. The van der Waals surface area contributed by atoms with Crippen molar-refractivity contribution in [1.82, 2.24) is 5.43 Å². The molecule has 0 aromatic heterocycles. The molecule has 1 aromatic carbocycles. The predicted octanol–water partition coefficient (Wildman–Crippen LogP) is 3.21. The summed E-state index contributed by atoms with van der Waals surface area (Å²) in [6.45, 7) is 5.96. The maximum Gasteiger partial charge on any atom is 0.272 e. The highest BCUT2D eigenvalue weighted by molar-refractivity contribution is 9.10. The van der Waals surface area contributed by atoms with Crippen LogP contribution in [0.3, 0.4) is 0 Å². The van der Waals surface area contributed by atoms with Gasteiger partial charge in [0.15, 0.2) is 0 Å². The Morgan fingerprint density at radius 1 is 1.38 bits per heavy atom. The van der Waals surface area contributed by atoms with Crippen LogP contribution in [0.5, 0.6) is 0 Å². The molecule has 3 nitrogen and oxygen atoms in total. The topological polar surface area (TPSA) is 41.5 Å². The highest BCUT2D eigenvalue weighted by Crippen LogP contribution is 2.15. The number of carbonyl (C=O) groups excluding carboxylic acids is 1. The summed E-state index contributed by atoms with van der Waals surface area (Å²) in [7, 11) is 0. The van der Waals surface area contributed by atoms with Crippen LogP contribution in [-0.4, -0.2) is 11.6 Å². The largest absolute Gasteiger partial charge is 0.272 e. The zero-order valence-corrected chi connectivity index (χ0v) is 11.2. The lowest BCUT2D eigenvalue weighted by atomic mass is 10.1. The number of hydrazone groups is 1. The maximum absolute atomic E-state index is 11.7. The van der Waals surface area contributed by atoms with E-state index in [2.05, 4.69) is 26.5 Å². The van der Waals surface area contributed by atoms with Gasteiger partial charge in [0.1, 0.15) is 0 Å². The van der Waals surface area contributed by atoms with Gasteiger partial charge >= 0.3 is 0 Å². The molecule has 1 amide bonds. The fourth-order valence-corrected chi connectivity index (χ4v) is 1.44. The summed E-state index contributed by atoms with van der Waals surface area (Å²) < 4.78 is 0.768. The van der Waals surface area contributed by atoms with E-state index in [9.17, 15) is 4.79 Å². The van der Waals surface area contributed by atoms with Gasteiger partial charge in [0.2, 0.25) is 0 Å². The minimum absolute atomic E-state index is 0.201. The van der Waals surface area contributed by atoms with Gasteiger partial charge in [-0.3, -0.25) is 4.79 Å². The van der Waals surface area contributed by atoms with Gasteiger partial charge in [-0.05, 0) is 40.9 Å². The average Bonchev–Trinajstić information content (AvgIpc) is 2.25. The van der Waals surface area contributed by atoms with Crippen molar-refractivity contribution in [2.24, 2.45) is 11.0 Å². The third-order valence-electron chi connectivity index (χ3n) is 2.29. The SMILES string of the molecule is C/C(=N\NC(=O)c1ccccc1Br)C(C)C. The molecule has 0 aliphatic heterocycles. The van der Waals surface area contributed by atoms with Crippen molar-refractivity contribution in [2.45, 2.75) is 20.8 Å².